The second kappa shape index (κ2) is 18.8. The van der Waals surface area contributed by atoms with Crippen molar-refractivity contribution in [2.45, 2.75) is 6.18 Å². The Kier molecular flexibility index (Phi) is 11.4. The summed E-state index contributed by atoms with van der Waals surface area (Å²) in [4.78, 5) is 0. The van der Waals surface area contributed by atoms with E-state index in [1.807, 2.05) is 106 Å². The van der Waals surface area contributed by atoms with Gasteiger partial charge in [-0.1, -0.05) is 103 Å². The van der Waals surface area contributed by atoms with Crippen LogP contribution in [0.2, 0.25) is 0 Å². The Morgan fingerprint density at radius 1 is 0.308 bits per heavy atom. The van der Waals surface area contributed by atoms with Crippen molar-refractivity contribution in [3.8, 4) is 103 Å². The Balaban J connectivity index is 1.25. The predicted molar refractivity (Wildman–Crippen MR) is 296 cm³/mol. The van der Waals surface area contributed by atoms with E-state index < -0.39 is 17.3 Å². The van der Waals surface area contributed by atoms with Gasteiger partial charge in [0.2, 0.25) is 0 Å². The molecule has 0 N–H and O–H groups in total. The molecule has 12 rings (SSSR count). The summed E-state index contributed by atoms with van der Waals surface area (Å²) in [6.07, 6.45) is -4.96. The van der Waals surface area contributed by atoms with Gasteiger partial charge in [-0.25, -0.2) is 0 Å². The lowest BCUT2D eigenvalue weighted by Gasteiger charge is -2.22. The molecule has 0 unspecified atom stereocenters. The van der Waals surface area contributed by atoms with Crippen molar-refractivity contribution in [3.05, 3.63) is 239 Å². The summed E-state index contributed by atoms with van der Waals surface area (Å²) in [6.45, 7) is 0. The van der Waals surface area contributed by atoms with Gasteiger partial charge in [0.05, 0.1) is 103 Å². The van der Waals surface area contributed by atoms with E-state index in [0.29, 0.717) is 66.6 Å². The largest absolute Gasteiger partial charge is 0.417 e. The van der Waals surface area contributed by atoms with E-state index in [9.17, 15) is 31.6 Å². The summed E-state index contributed by atoms with van der Waals surface area (Å²) >= 11 is 0. The van der Waals surface area contributed by atoms with E-state index in [-0.39, 0.29) is 28.1 Å². The Morgan fingerprint density at radius 3 is 0.974 bits per heavy atom. The molecule has 2 aromatic heterocycles. The highest BCUT2D eigenvalue weighted by atomic mass is 19.4. The topological polar surface area (TPSA) is 153 Å². The molecule has 10 aromatic carbocycles. The van der Waals surface area contributed by atoms with Crippen LogP contribution in [0.3, 0.4) is 0 Å². The molecule has 0 bridgehead atoms. The van der Waals surface area contributed by atoms with Crippen LogP contribution in [-0.2, 0) is 6.18 Å². The Labute approximate surface area is 444 Å². The molecule has 78 heavy (non-hydrogen) atoms. The van der Waals surface area contributed by atoms with E-state index in [1.54, 1.807) is 84.9 Å². The van der Waals surface area contributed by atoms with E-state index in [1.165, 1.54) is 12.1 Å². The van der Waals surface area contributed by atoms with Gasteiger partial charge in [0, 0.05) is 32.7 Å². The highest BCUT2D eigenvalue weighted by molar-refractivity contribution is 6.13. The van der Waals surface area contributed by atoms with Crippen molar-refractivity contribution in [2.24, 2.45) is 0 Å². The van der Waals surface area contributed by atoms with Crippen molar-refractivity contribution < 1.29 is 13.2 Å². The van der Waals surface area contributed by atoms with Crippen LogP contribution < -0.4 is 0 Å². The van der Waals surface area contributed by atoms with Crippen molar-refractivity contribution in [1.82, 2.24) is 9.13 Å². The normalized spacial score (nSPS) is 11.2. The van der Waals surface area contributed by atoms with E-state index in [4.69, 9.17) is 0 Å². The number of nitrogens with zero attached hydrogens (tertiary/aromatic N) is 8. The highest BCUT2D eigenvalue weighted by Gasteiger charge is 2.36. The summed E-state index contributed by atoms with van der Waals surface area (Å²) in [5, 5.41) is 64.9. The maximum atomic E-state index is 15.8. The van der Waals surface area contributed by atoms with Gasteiger partial charge in [0.25, 0.3) is 0 Å². The van der Waals surface area contributed by atoms with Crippen molar-refractivity contribution in [1.29, 1.82) is 31.6 Å². The lowest BCUT2D eigenvalue weighted by molar-refractivity contribution is -0.137. The molecular weight excluding hydrogens is 974 g/mol. The van der Waals surface area contributed by atoms with Gasteiger partial charge in [-0.15, -0.1) is 0 Å². The fourth-order valence-electron chi connectivity index (χ4n) is 10.8. The summed E-state index contributed by atoms with van der Waals surface area (Å²) in [5.74, 6) is 0. The fourth-order valence-corrected chi connectivity index (χ4v) is 10.8. The fraction of sp³-hybridized carbons (Fsp3) is 0.0149. The lowest BCUT2D eigenvalue weighted by atomic mass is 9.91. The molecular formula is C67H33F3N8. The van der Waals surface area contributed by atoms with E-state index in [0.717, 1.165) is 49.9 Å². The van der Waals surface area contributed by atoms with Crippen molar-refractivity contribution >= 4 is 43.6 Å². The molecule has 0 atom stereocenters. The average Bonchev–Trinajstić information content (AvgIpc) is 4.21. The van der Waals surface area contributed by atoms with Crippen LogP contribution in [0.25, 0.3) is 111 Å². The summed E-state index contributed by atoms with van der Waals surface area (Å²) < 4.78 is 51.2. The van der Waals surface area contributed by atoms with Crippen LogP contribution in [-0.4, -0.2) is 9.13 Å². The maximum absolute atomic E-state index is 15.8. The van der Waals surface area contributed by atoms with Crippen LogP contribution in [0.4, 0.5) is 13.2 Å². The zero-order chi connectivity index (χ0) is 53.8. The Bertz CT molecular complexity index is 4590. The zero-order valence-corrected chi connectivity index (χ0v) is 40.8. The van der Waals surface area contributed by atoms with Gasteiger partial charge in [-0.05, 0) is 142 Å². The number of hydrogen-bond donors (Lipinski definition) is 0. The lowest BCUT2D eigenvalue weighted by Crippen LogP contribution is -2.11. The molecule has 2 heterocycles. The van der Waals surface area contributed by atoms with Crippen LogP contribution in [0, 0.1) is 68.0 Å². The number of halogens is 3. The van der Waals surface area contributed by atoms with Crippen molar-refractivity contribution in [3.63, 3.8) is 0 Å². The van der Waals surface area contributed by atoms with Crippen molar-refractivity contribution in [2.75, 3.05) is 0 Å². The standard InChI is InChI=1S/C67H33F3N8/c68-67(69,70)59-15-5-14-52(38-75)66(59)58-33-60(77-61-28-48(44-10-1-6-40(24-44)34-71)16-20-54(61)55-21-17-49(29-62(55)77)45-11-2-7-41(25-45)35-72)53(39-76)32-65(58)78-63-30-50(46-12-3-8-42(26-46)36-73)18-22-56(63)57-23-19-51(31-64(57)78)47-13-4-9-43(27-47)37-74/h1-33H. The van der Waals surface area contributed by atoms with Crippen LogP contribution in [0.5, 0.6) is 0 Å². The molecule has 0 aliphatic rings. The Hall–Kier alpha value is -11.5. The molecule has 0 saturated carbocycles. The van der Waals surface area contributed by atoms with E-state index >= 15 is 13.2 Å². The van der Waals surface area contributed by atoms with Gasteiger partial charge >= 0.3 is 6.18 Å². The number of fused-ring (bicyclic) bond motifs is 6. The van der Waals surface area contributed by atoms with Crippen LogP contribution in [0.1, 0.15) is 38.9 Å². The number of benzene rings is 10. The number of hydrogen-bond acceptors (Lipinski definition) is 6. The molecule has 0 fully saturated rings. The SMILES string of the molecule is N#Cc1cccc(-c2ccc3c4ccc(-c5cccc(C#N)c5)cc4n(-c4cc(-c5c(C#N)cccc5C(F)(F)F)c(-n5c6cc(-c7cccc(C#N)c7)ccc6c6ccc(-c7cccc(C#N)c7)cc65)cc4C#N)c3c2)c1. The average molecular weight is 1010 g/mol. The van der Waals surface area contributed by atoms with Gasteiger partial charge in [-0.2, -0.15) is 44.7 Å². The van der Waals surface area contributed by atoms with Gasteiger partial charge in [-0.3, -0.25) is 0 Å². The Morgan fingerprint density at radius 2 is 0.641 bits per heavy atom. The minimum absolute atomic E-state index is 0.00760. The van der Waals surface area contributed by atoms with Gasteiger partial charge in [0.15, 0.2) is 0 Å². The number of alkyl halides is 3. The molecule has 12 aromatic rings. The molecule has 0 radical (unpaired) electrons. The first-order chi connectivity index (χ1) is 38.0. The third kappa shape index (κ3) is 7.99. The summed E-state index contributed by atoms with van der Waals surface area (Å²) in [7, 11) is 0. The van der Waals surface area contributed by atoms with Gasteiger partial charge in [0.1, 0.15) is 6.07 Å². The summed E-state index contributed by atoms with van der Waals surface area (Å²) in [5.41, 5.74) is 8.54. The van der Waals surface area contributed by atoms with E-state index in [2.05, 4.69) is 36.4 Å². The molecule has 11 heteroatoms. The summed E-state index contributed by atoms with van der Waals surface area (Å²) in [6, 6.07) is 71.5. The predicted octanol–water partition coefficient (Wildman–Crippen LogP) is 16.5. The van der Waals surface area contributed by atoms with Gasteiger partial charge < -0.3 is 9.13 Å². The van der Waals surface area contributed by atoms with Crippen LogP contribution in [0.15, 0.2) is 200 Å². The number of rotatable bonds is 7. The molecule has 0 spiro atoms. The molecule has 0 amide bonds. The first-order valence-corrected chi connectivity index (χ1v) is 24.4. The maximum Gasteiger partial charge on any atom is 0.417 e. The molecule has 8 nitrogen and oxygen atoms in total. The zero-order valence-electron chi connectivity index (χ0n) is 40.8. The van der Waals surface area contributed by atoms with Crippen LogP contribution >= 0.6 is 0 Å². The smallest absolute Gasteiger partial charge is 0.309 e. The molecule has 362 valence electrons. The second-order valence-electron chi connectivity index (χ2n) is 18.7. The number of aromatic nitrogens is 2. The quantitative estimate of drug-likeness (QED) is 0.155. The minimum atomic E-state index is -4.96. The highest BCUT2D eigenvalue weighted by Crippen LogP contribution is 2.47. The molecule has 0 aliphatic carbocycles. The number of nitriles is 6. The molecule has 0 saturated heterocycles. The monoisotopic (exact) mass is 1010 g/mol. The second-order valence-corrected chi connectivity index (χ2v) is 18.7. The third-order valence-corrected chi connectivity index (χ3v) is 14.3. The minimum Gasteiger partial charge on any atom is -0.309 e. The molecule has 0 aliphatic heterocycles. The third-order valence-electron chi connectivity index (χ3n) is 14.3. The first kappa shape index (κ1) is 47.5. The first-order valence-electron chi connectivity index (χ1n) is 24.4.